The number of nitrogens with two attached hydrogens (primary N) is 1. The summed E-state index contributed by atoms with van der Waals surface area (Å²) in [5, 5.41) is 11.1. The number of rotatable bonds is 3. The molecule has 2 rings (SSSR count). The number of nitro benzene ring substituents is 1. The quantitative estimate of drug-likeness (QED) is 0.676. The second-order valence-electron chi connectivity index (χ2n) is 3.25. The molecule has 0 amide bonds. The lowest BCUT2D eigenvalue weighted by Gasteiger charge is -2.05. The average molecular weight is 267 g/mol. The Balaban J connectivity index is 2.39. The smallest absolute Gasteiger partial charge is 0.311 e. The molecule has 0 aliphatic heterocycles. The highest BCUT2D eigenvalue weighted by molar-refractivity contribution is 6.30. The molecule has 18 heavy (non-hydrogen) atoms. The first-order valence-electron chi connectivity index (χ1n) is 4.75. The van der Waals surface area contributed by atoms with Crippen LogP contribution in [0.2, 0.25) is 5.02 Å². The number of nitrogen functional groups attached to an aromatic ring is 1. The molecule has 2 aromatic rings. The Morgan fingerprint density at radius 2 is 2.11 bits per heavy atom. The van der Waals surface area contributed by atoms with Gasteiger partial charge in [-0.05, 0) is 6.07 Å². The number of hydrogen-bond acceptors (Lipinski definition) is 6. The minimum atomic E-state index is -0.573. The van der Waals surface area contributed by atoms with Crippen LogP contribution in [0.25, 0.3) is 0 Å². The van der Waals surface area contributed by atoms with Crippen LogP contribution in [0.3, 0.4) is 0 Å². The molecule has 7 nitrogen and oxygen atoms in total. The molecule has 0 fully saturated rings. The van der Waals surface area contributed by atoms with Gasteiger partial charge in [0.1, 0.15) is 12.1 Å². The van der Waals surface area contributed by atoms with Crippen molar-refractivity contribution in [1.82, 2.24) is 9.97 Å². The highest BCUT2D eigenvalue weighted by atomic mass is 35.5. The maximum atomic E-state index is 10.8. The molecule has 1 heterocycles. The van der Waals surface area contributed by atoms with Crippen LogP contribution in [-0.2, 0) is 0 Å². The molecule has 0 spiro atoms. The van der Waals surface area contributed by atoms with E-state index in [1.165, 1.54) is 30.6 Å². The van der Waals surface area contributed by atoms with Crippen molar-refractivity contribution in [2.45, 2.75) is 0 Å². The maximum absolute atomic E-state index is 10.8. The molecule has 0 bridgehead atoms. The Morgan fingerprint density at radius 3 is 2.78 bits per heavy atom. The van der Waals surface area contributed by atoms with Crippen LogP contribution in [0.1, 0.15) is 0 Å². The van der Waals surface area contributed by atoms with Crippen molar-refractivity contribution >= 4 is 23.1 Å². The molecule has 1 aromatic carbocycles. The Kier molecular flexibility index (Phi) is 3.24. The number of benzene rings is 1. The Labute approximate surface area is 106 Å². The van der Waals surface area contributed by atoms with Gasteiger partial charge in [0.2, 0.25) is 11.6 Å². The predicted octanol–water partition coefficient (Wildman–Crippen LogP) is 2.41. The summed E-state index contributed by atoms with van der Waals surface area (Å²) in [6.07, 6.45) is 1.20. The van der Waals surface area contributed by atoms with Gasteiger partial charge in [-0.15, -0.1) is 0 Å². The summed E-state index contributed by atoms with van der Waals surface area (Å²) in [4.78, 5) is 17.7. The number of aromatic nitrogens is 2. The molecule has 0 atom stereocenters. The van der Waals surface area contributed by atoms with Crippen molar-refractivity contribution < 1.29 is 9.66 Å². The van der Waals surface area contributed by atoms with Crippen molar-refractivity contribution in [1.29, 1.82) is 0 Å². The van der Waals surface area contributed by atoms with E-state index in [2.05, 4.69) is 9.97 Å². The number of ether oxygens (including phenoxy) is 1. The van der Waals surface area contributed by atoms with Crippen molar-refractivity contribution in [2.75, 3.05) is 5.73 Å². The van der Waals surface area contributed by atoms with E-state index in [1.54, 1.807) is 0 Å². The van der Waals surface area contributed by atoms with Gasteiger partial charge in [-0.1, -0.05) is 11.6 Å². The normalized spacial score (nSPS) is 10.1. The Bertz CT molecular complexity index is 605. The van der Waals surface area contributed by atoms with Gasteiger partial charge in [-0.25, -0.2) is 9.97 Å². The summed E-state index contributed by atoms with van der Waals surface area (Å²) in [7, 11) is 0. The first-order valence-corrected chi connectivity index (χ1v) is 5.13. The molecule has 0 aliphatic rings. The summed E-state index contributed by atoms with van der Waals surface area (Å²) < 4.78 is 5.28. The lowest BCUT2D eigenvalue weighted by molar-refractivity contribution is -0.385. The lowest BCUT2D eigenvalue weighted by Crippen LogP contribution is -1.96. The number of halogens is 1. The fourth-order valence-electron chi connectivity index (χ4n) is 1.24. The summed E-state index contributed by atoms with van der Waals surface area (Å²) in [6, 6.07) is 5.34. The van der Waals surface area contributed by atoms with E-state index in [9.17, 15) is 10.1 Å². The van der Waals surface area contributed by atoms with Gasteiger partial charge in [0.25, 0.3) is 0 Å². The van der Waals surface area contributed by atoms with Gasteiger partial charge < -0.3 is 10.5 Å². The standard InChI is InChI=1S/C10H7ClN4O3/c11-6-1-2-7(15(16)17)8(3-6)18-10-4-9(12)13-5-14-10/h1-5H,(H2,12,13,14). The summed E-state index contributed by atoms with van der Waals surface area (Å²) in [5.74, 6) is 0.295. The van der Waals surface area contributed by atoms with Crippen LogP contribution < -0.4 is 10.5 Å². The third-order valence-electron chi connectivity index (χ3n) is 2.00. The fraction of sp³-hybridized carbons (Fsp3) is 0. The van der Waals surface area contributed by atoms with Crippen LogP contribution in [0.15, 0.2) is 30.6 Å². The van der Waals surface area contributed by atoms with E-state index < -0.39 is 4.92 Å². The van der Waals surface area contributed by atoms with Crippen LogP contribution in [0, 0.1) is 10.1 Å². The molecule has 0 radical (unpaired) electrons. The van der Waals surface area contributed by atoms with Gasteiger partial charge in [-0.2, -0.15) is 0 Å². The summed E-state index contributed by atoms with van der Waals surface area (Å²) in [6.45, 7) is 0. The van der Waals surface area contributed by atoms with Gasteiger partial charge in [0.05, 0.1) is 4.92 Å². The van der Waals surface area contributed by atoms with Crippen LogP contribution in [0.5, 0.6) is 11.6 Å². The SMILES string of the molecule is Nc1cc(Oc2cc(Cl)ccc2[N+](=O)[O-])ncn1. The molecular weight excluding hydrogens is 260 g/mol. The van der Waals surface area contributed by atoms with Crippen molar-refractivity contribution in [2.24, 2.45) is 0 Å². The van der Waals surface area contributed by atoms with Gasteiger partial charge >= 0.3 is 5.69 Å². The minimum absolute atomic E-state index is 0.00870. The van der Waals surface area contributed by atoms with E-state index in [0.717, 1.165) is 0 Å². The molecule has 0 saturated carbocycles. The Morgan fingerprint density at radius 1 is 1.33 bits per heavy atom. The molecular formula is C10H7ClN4O3. The van der Waals surface area contributed by atoms with Crippen LogP contribution in [0.4, 0.5) is 11.5 Å². The highest BCUT2D eigenvalue weighted by Gasteiger charge is 2.16. The summed E-state index contributed by atoms with van der Waals surface area (Å²) >= 11 is 5.76. The molecule has 0 saturated heterocycles. The van der Waals surface area contributed by atoms with Crippen LogP contribution in [-0.4, -0.2) is 14.9 Å². The number of hydrogen-bond donors (Lipinski definition) is 1. The third-order valence-corrected chi connectivity index (χ3v) is 2.23. The third kappa shape index (κ3) is 2.64. The average Bonchev–Trinajstić information content (AvgIpc) is 2.28. The summed E-state index contributed by atoms with van der Waals surface area (Å²) in [5.41, 5.74) is 5.24. The van der Waals surface area contributed by atoms with Gasteiger partial charge in [-0.3, -0.25) is 10.1 Å². The Hall–Kier alpha value is -2.41. The lowest BCUT2D eigenvalue weighted by atomic mass is 10.3. The number of anilines is 1. The number of nitro groups is 1. The maximum Gasteiger partial charge on any atom is 0.311 e. The molecule has 0 unspecified atom stereocenters. The molecule has 0 aliphatic carbocycles. The van der Waals surface area contributed by atoms with Gasteiger partial charge in [0.15, 0.2) is 0 Å². The first-order chi connectivity index (χ1) is 8.56. The second-order valence-corrected chi connectivity index (χ2v) is 3.69. The zero-order chi connectivity index (χ0) is 13.1. The van der Waals surface area contributed by atoms with E-state index >= 15 is 0 Å². The van der Waals surface area contributed by atoms with Crippen molar-refractivity contribution in [3.8, 4) is 11.6 Å². The number of nitrogens with zero attached hydrogens (tertiary/aromatic N) is 3. The molecule has 1 aromatic heterocycles. The van der Waals surface area contributed by atoms with Crippen molar-refractivity contribution in [3.63, 3.8) is 0 Å². The van der Waals surface area contributed by atoms with Gasteiger partial charge in [0, 0.05) is 23.2 Å². The highest BCUT2D eigenvalue weighted by Crippen LogP contribution is 2.33. The zero-order valence-electron chi connectivity index (χ0n) is 8.91. The zero-order valence-corrected chi connectivity index (χ0v) is 9.66. The fourth-order valence-corrected chi connectivity index (χ4v) is 1.40. The predicted molar refractivity (Wildman–Crippen MR) is 64.6 cm³/mol. The molecule has 8 heteroatoms. The van der Waals surface area contributed by atoms with E-state index in [4.69, 9.17) is 22.1 Å². The van der Waals surface area contributed by atoms with E-state index in [1.807, 2.05) is 0 Å². The molecule has 2 N–H and O–H groups in total. The monoisotopic (exact) mass is 266 g/mol. The van der Waals surface area contributed by atoms with Crippen molar-refractivity contribution in [3.05, 3.63) is 45.7 Å². The minimum Gasteiger partial charge on any atom is -0.432 e. The second kappa shape index (κ2) is 4.84. The molecule has 92 valence electrons. The van der Waals surface area contributed by atoms with E-state index in [-0.39, 0.29) is 23.1 Å². The first kappa shape index (κ1) is 12.1. The van der Waals surface area contributed by atoms with Crippen LogP contribution >= 0.6 is 11.6 Å². The topological polar surface area (TPSA) is 104 Å². The largest absolute Gasteiger partial charge is 0.432 e. The van der Waals surface area contributed by atoms with E-state index in [0.29, 0.717) is 5.02 Å².